The second-order valence-electron chi connectivity index (χ2n) is 9.81. The first-order valence-electron chi connectivity index (χ1n) is 12.5. The Labute approximate surface area is 224 Å². The Hall–Kier alpha value is -2.85. The van der Waals surface area contributed by atoms with E-state index in [1.165, 1.54) is 22.7 Å². The molecule has 5 rings (SSSR count). The van der Waals surface area contributed by atoms with Gasteiger partial charge in [0.25, 0.3) is 5.91 Å². The van der Waals surface area contributed by atoms with E-state index in [-0.39, 0.29) is 24.0 Å². The minimum Gasteiger partial charge on any atom is -0.459 e. The summed E-state index contributed by atoms with van der Waals surface area (Å²) in [4.78, 5) is 40.1. The molecule has 4 atom stereocenters. The minimum absolute atomic E-state index is 0.173. The zero-order valence-electron chi connectivity index (χ0n) is 20.5. The fourth-order valence-corrected chi connectivity index (χ4v) is 7.59. The Morgan fingerprint density at radius 3 is 2.38 bits per heavy atom. The van der Waals surface area contributed by atoms with Crippen LogP contribution in [0.4, 0.5) is 0 Å². The number of aliphatic hydroxyl groups is 1. The quantitative estimate of drug-likeness (QED) is 0.300. The third-order valence-corrected chi connectivity index (χ3v) is 9.64. The molecule has 7 nitrogen and oxygen atoms in total. The van der Waals surface area contributed by atoms with Gasteiger partial charge in [0.2, 0.25) is 5.60 Å². The summed E-state index contributed by atoms with van der Waals surface area (Å²) < 4.78 is 6.06. The van der Waals surface area contributed by atoms with E-state index in [1.54, 1.807) is 36.4 Å². The average Bonchev–Trinajstić information content (AvgIpc) is 3.73. The molecule has 2 aromatic heterocycles. The summed E-state index contributed by atoms with van der Waals surface area (Å²) in [5.41, 5.74) is -0.739. The molecule has 2 aliphatic carbocycles. The number of carbonyl (C=O) groups excluding carboxylic acids is 3. The number of esters is 1. The van der Waals surface area contributed by atoms with Gasteiger partial charge in [-0.3, -0.25) is 9.59 Å². The molecule has 0 aliphatic heterocycles. The largest absolute Gasteiger partial charge is 0.459 e. The molecular weight excluding hydrogens is 508 g/mol. The molecule has 2 bridgehead atoms. The van der Waals surface area contributed by atoms with Crippen LogP contribution in [0.3, 0.4) is 0 Å². The molecule has 4 unspecified atom stereocenters. The van der Waals surface area contributed by atoms with Crippen LogP contribution in [0.1, 0.15) is 49.7 Å². The Kier molecular flexibility index (Phi) is 7.57. The lowest BCUT2D eigenvalue weighted by atomic mass is 9.96. The number of nitrogens with zero attached hydrogens (tertiary/aromatic N) is 1. The third kappa shape index (κ3) is 5.01. The van der Waals surface area contributed by atoms with Crippen molar-refractivity contribution in [3.8, 4) is 0 Å². The van der Waals surface area contributed by atoms with E-state index in [0.717, 1.165) is 25.5 Å². The standard InChI is InChI=1S/C28H30N2O5S2/c1-30(13-12-29-26(32)19-8-6-18(17-31)7-9-19)25-20-10-11-21(25)22(16-20)35-27(33)28(34,23-4-2-14-36-23)24-5-3-15-37-24/h2-9,14-15,17,20-22,25,34H,10-13,16H2,1H3,(H,29,32). The van der Waals surface area contributed by atoms with Crippen molar-refractivity contribution in [1.29, 1.82) is 0 Å². The predicted molar refractivity (Wildman–Crippen MR) is 143 cm³/mol. The highest BCUT2D eigenvalue weighted by Gasteiger charge is 2.53. The molecule has 2 fully saturated rings. The zero-order chi connectivity index (χ0) is 26.0. The number of fused-ring (bicyclic) bond motifs is 2. The lowest BCUT2D eigenvalue weighted by Crippen LogP contribution is -2.43. The lowest BCUT2D eigenvalue weighted by molar-refractivity contribution is -0.170. The second-order valence-corrected chi connectivity index (χ2v) is 11.7. The van der Waals surface area contributed by atoms with E-state index < -0.39 is 11.6 Å². The predicted octanol–water partition coefficient (Wildman–Crippen LogP) is 3.93. The van der Waals surface area contributed by atoms with Crippen molar-refractivity contribution >= 4 is 40.8 Å². The Balaban J connectivity index is 1.19. The summed E-state index contributed by atoms with van der Waals surface area (Å²) in [5.74, 6) is -0.171. The minimum atomic E-state index is -1.79. The fraction of sp³-hybridized carbons (Fsp3) is 0.393. The first-order chi connectivity index (χ1) is 17.9. The molecule has 2 N–H and O–H groups in total. The van der Waals surface area contributed by atoms with Crippen molar-refractivity contribution in [1.82, 2.24) is 10.2 Å². The highest BCUT2D eigenvalue weighted by Crippen LogP contribution is 2.49. The number of aldehydes is 1. The molecule has 1 amide bonds. The van der Waals surface area contributed by atoms with Crippen LogP contribution in [0, 0.1) is 11.8 Å². The third-order valence-electron chi connectivity index (χ3n) is 7.68. The second kappa shape index (κ2) is 10.9. The molecule has 0 saturated heterocycles. The summed E-state index contributed by atoms with van der Waals surface area (Å²) in [5, 5.41) is 18.2. The van der Waals surface area contributed by atoms with Gasteiger partial charge in [-0.25, -0.2) is 4.79 Å². The summed E-state index contributed by atoms with van der Waals surface area (Å²) in [7, 11) is 2.05. The molecule has 0 spiro atoms. The number of ether oxygens (including phenoxy) is 1. The van der Waals surface area contributed by atoms with Gasteiger partial charge < -0.3 is 20.1 Å². The van der Waals surface area contributed by atoms with Crippen molar-refractivity contribution in [2.75, 3.05) is 20.1 Å². The van der Waals surface area contributed by atoms with Crippen molar-refractivity contribution < 1.29 is 24.2 Å². The Morgan fingerprint density at radius 2 is 1.78 bits per heavy atom. The molecule has 194 valence electrons. The normalized spacial score (nSPS) is 22.8. The zero-order valence-corrected chi connectivity index (χ0v) is 22.2. The molecule has 2 heterocycles. The van der Waals surface area contributed by atoms with Crippen LogP contribution in [0.15, 0.2) is 59.3 Å². The maximum Gasteiger partial charge on any atom is 0.349 e. The van der Waals surface area contributed by atoms with E-state index in [4.69, 9.17) is 4.74 Å². The lowest BCUT2D eigenvalue weighted by Gasteiger charge is -2.31. The number of rotatable bonds is 10. The maximum absolute atomic E-state index is 13.5. The molecule has 2 saturated carbocycles. The van der Waals surface area contributed by atoms with Gasteiger partial charge >= 0.3 is 5.97 Å². The van der Waals surface area contributed by atoms with Crippen LogP contribution in [-0.2, 0) is 15.1 Å². The topological polar surface area (TPSA) is 95.9 Å². The van der Waals surface area contributed by atoms with Gasteiger partial charge in [0.1, 0.15) is 12.4 Å². The van der Waals surface area contributed by atoms with Gasteiger partial charge in [0.15, 0.2) is 0 Å². The van der Waals surface area contributed by atoms with Gasteiger partial charge in [-0.1, -0.05) is 24.3 Å². The van der Waals surface area contributed by atoms with Crippen LogP contribution in [0.25, 0.3) is 0 Å². The van der Waals surface area contributed by atoms with E-state index >= 15 is 0 Å². The molecule has 0 radical (unpaired) electrons. The fourth-order valence-electron chi connectivity index (χ4n) is 5.88. The number of benzene rings is 1. The number of hydrogen-bond donors (Lipinski definition) is 2. The van der Waals surface area contributed by atoms with Gasteiger partial charge in [-0.05, 0) is 67.3 Å². The SMILES string of the molecule is CN(CCNC(=O)c1ccc(C=O)cc1)C1C2CCC1C(OC(=O)C(O)(c1cccs1)c1cccs1)C2. The maximum atomic E-state index is 13.5. The highest BCUT2D eigenvalue weighted by molar-refractivity contribution is 7.12. The molecular formula is C28H30N2O5S2. The molecule has 37 heavy (non-hydrogen) atoms. The van der Waals surface area contributed by atoms with Crippen molar-refractivity contribution in [3.05, 3.63) is 80.2 Å². The summed E-state index contributed by atoms with van der Waals surface area (Å²) >= 11 is 2.69. The van der Waals surface area contributed by atoms with Gasteiger partial charge in [0.05, 0.1) is 9.75 Å². The highest BCUT2D eigenvalue weighted by atomic mass is 32.1. The van der Waals surface area contributed by atoms with E-state index in [9.17, 15) is 19.5 Å². The average molecular weight is 539 g/mol. The number of likely N-dealkylation sites (N-methyl/N-ethyl adjacent to an activating group) is 1. The van der Waals surface area contributed by atoms with E-state index in [1.807, 2.05) is 22.9 Å². The van der Waals surface area contributed by atoms with Crippen molar-refractivity contribution in [3.63, 3.8) is 0 Å². The van der Waals surface area contributed by atoms with Crippen molar-refractivity contribution in [2.45, 2.75) is 37.0 Å². The molecule has 2 aliphatic rings. The number of hydrogen-bond acceptors (Lipinski definition) is 8. The first-order valence-corrected chi connectivity index (χ1v) is 14.2. The molecule has 9 heteroatoms. The number of thiophene rings is 2. The van der Waals surface area contributed by atoms with Crippen LogP contribution < -0.4 is 5.32 Å². The van der Waals surface area contributed by atoms with Gasteiger partial charge in [0, 0.05) is 36.2 Å². The number of amides is 1. The monoisotopic (exact) mass is 538 g/mol. The van der Waals surface area contributed by atoms with Crippen LogP contribution in [0.5, 0.6) is 0 Å². The van der Waals surface area contributed by atoms with E-state index in [2.05, 4.69) is 17.3 Å². The molecule has 1 aromatic carbocycles. The number of carbonyl (C=O) groups is 3. The Morgan fingerprint density at radius 1 is 1.11 bits per heavy atom. The summed E-state index contributed by atoms with van der Waals surface area (Å²) in [6.45, 7) is 1.16. The van der Waals surface area contributed by atoms with Crippen molar-refractivity contribution in [2.24, 2.45) is 11.8 Å². The van der Waals surface area contributed by atoms with E-state index in [0.29, 0.717) is 39.9 Å². The smallest absolute Gasteiger partial charge is 0.349 e. The van der Waals surface area contributed by atoms with Crippen LogP contribution >= 0.6 is 22.7 Å². The number of nitrogens with one attached hydrogen (secondary N) is 1. The Bertz CT molecular complexity index is 1190. The van der Waals surface area contributed by atoms with Gasteiger partial charge in [-0.2, -0.15) is 0 Å². The van der Waals surface area contributed by atoms with Crippen LogP contribution in [0.2, 0.25) is 0 Å². The summed E-state index contributed by atoms with van der Waals surface area (Å²) in [6, 6.07) is 14.0. The van der Waals surface area contributed by atoms with Gasteiger partial charge in [-0.15, -0.1) is 22.7 Å². The first kappa shape index (κ1) is 25.8. The van der Waals surface area contributed by atoms with Crippen LogP contribution in [-0.4, -0.2) is 60.5 Å². The molecule has 3 aromatic rings. The summed E-state index contributed by atoms with van der Waals surface area (Å²) in [6.07, 6.45) is 3.36.